The van der Waals surface area contributed by atoms with Crippen LogP contribution in [0.2, 0.25) is 0 Å². The molecule has 0 atom stereocenters. The molecule has 2 aliphatic carbocycles. The molecule has 1 heteroatoms. The van der Waals surface area contributed by atoms with E-state index in [4.69, 9.17) is 5.26 Å². The Bertz CT molecular complexity index is 134. The van der Waals surface area contributed by atoms with Gasteiger partial charge >= 0.3 is 0 Å². The highest BCUT2D eigenvalue weighted by molar-refractivity contribution is 4.76. The van der Waals surface area contributed by atoms with Crippen LogP contribution in [-0.4, -0.2) is 0 Å². The average molecular weight is 193 g/mol. The summed E-state index contributed by atoms with van der Waals surface area (Å²) >= 11 is 0. The molecule has 0 bridgehead atoms. The van der Waals surface area contributed by atoms with E-state index >= 15 is 0 Å². The smallest absolute Gasteiger partial charge is 0.0462 e. The zero-order chi connectivity index (χ0) is 10.2. The highest BCUT2D eigenvalue weighted by Gasteiger charge is 2.24. The molecule has 0 amide bonds. The Morgan fingerprint density at radius 1 is 0.571 bits per heavy atom. The highest BCUT2D eigenvalue weighted by Crippen LogP contribution is 2.37. The lowest BCUT2D eigenvalue weighted by Gasteiger charge is -2.32. The Balaban J connectivity index is 0.000000461. The fourth-order valence-corrected chi connectivity index (χ4v) is 3.21. The third-order valence-electron chi connectivity index (χ3n) is 3.97. The minimum absolute atomic E-state index is 1.14. The topological polar surface area (TPSA) is 23.8 Å². The van der Waals surface area contributed by atoms with E-state index in [0.29, 0.717) is 0 Å². The lowest BCUT2D eigenvalue weighted by atomic mass is 9.73. The zero-order valence-electron chi connectivity index (χ0n) is 9.25. The fourth-order valence-electron chi connectivity index (χ4n) is 3.21. The van der Waals surface area contributed by atoms with Crippen molar-refractivity contribution in [3.8, 4) is 6.57 Å². The van der Waals surface area contributed by atoms with Crippen molar-refractivity contribution in [1.29, 1.82) is 5.26 Å². The molecule has 0 aliphatic heterocycles. The van der Waals surface area contributed by atoms with Gasteiger partial charge < -0.3 is 0 Å². The first-order chi connectivity index (χ1) is 6.97. The first-order valence-corrected chi connectivity index (χ1v) is 6.22. The van der Waals surface area contributed by atoms with Gasteiger partial charge in [-0.1, -0.05) is 64.2 Å². The van der Waals surface area contributed by atoms with Crippen LogP contribution in [0.15, 0.2) is 0 Å². The van der Waals surface area contributed by atoms with E-state index in [-0.39, 0.29) is 0 Å². The third kappa shape index (κ3) is 3.33. The summed E-state index contributed by atoms with van der Waals surface area (Å²) in [5.74, 6) is 2.28. The van der Waals surface area contributed by atoms with Crippen LogP contribution in [0.4, 0.5) is 0 Å². The molecule has 14 heavy (non-hydrogen) atoms. The van der Waals surface area contributed by atoms with E-state index in [2.05, 4.69) is 6.57 Å². The van der Waals surface area contributed by atoms with E-state index in [1.165, 1.54) is 38.5 Å². The molecule has 2 saturated carbocycles. The maximum Gasteiger partial charge on any atom is 0.0462 e. The molecule has 0 heterocycles. The molecule has 2 rings (SSSR count). The summed E-state index contributed by atoms with van der Waals surface area (Å²) in [5.41, 5.74) is 0. The molecular formula is C13H23N. The minimum Gasteiger partial charge on any atom is -0.202 e. The maximum atomic E-state index is 6.50. The molecular weight excluding hydrogens is 170 g/mol. The van der Waals surface area contributed by atoms with Crippen molar-refractivity contribution in [1.82, 2.24) is 0 Å². The third-order valence-corrected chi connectivity index (χ3v) is 3.97. The Morgan fingerprint density at radius 3 is 1.14 bits per heavy atom. The van der Waals surface area contributed by atoms with Crippen LogP contribution in [-0.2, 0) is 0 Å². The molecule has 2 fully saturated rings. The summed E-state index contributed by atoms with van der Waals surface area (Å²) in [6.07, 6.45) is 15.4. The van der Waals surface area contributed by atoms with Crippen molar-refractivity contribution < 1.29 is 0 Å². The van der Waals surface area contributed by atoms with Crippen LogP contribution in [0.5, 0.6) is 0 Å². The van der Waals surface area contributed by atoms with E-state index in [1.807, 2.05) is 0 Å². The zero-order valence-corrected chi connectivity index (χ0v) is 9.25. The van der Waals surface area contributed by atoms with Gasteiger partial charge in [-0.05, 0) is 11.8 Å². The van der Waals surface area contributed by atoms with Gasteiger partial charge in [-0.15, -0.1) is 0 Å². The Morgan fingerprint density at radius 2 is 0.857 bits per heavy atom. The van der Waals surface area contributed by atoms with E-state index in [0.717, 1.165) is 11.8 Å². The van der Waals surface area contributed by atoms with Crippen LogP contribution in [0.25, 0.3) is 0 Å². The first-order valence-electron chi connectivity index (χ1n) is 6.22. The van der Waals surface area contributed by atoms with Crippen molar-refractivity contribution in [3.05, 3.63) is 0 Å². The van der Waals surface area contributed by atoms with Crippen molar-refractivity contribution in [2.75, 3.05) is 0 Å². The van der Waals surface area contributed by atoms with Gasteiger partial charge in [0.25, 0.3) is 0 Å². The van der Waals surface area contributed by atoms with Crippen LogP contribution in [0.1, 0.15) is 64.2 Å². The molecule has 0 radical (unpaired) electrons. The maximum absolute atomic E-state index is 6.50. The highest BCUT2D eigenvalue weighted by atomic mass is 14.3. The number of rotatable bonds is 1. The molecule has 0 unspecified atom stereocenters. The summed E-state index contributed by atoms with van der Waals surface area (Å²) in [7, 11) is 0. The predicted molar refractivity (Wildman–Crippen MR) is 59.8 cm³/mol. The van der Waals surface area contributed by atoms with E-state index in [1.54, 1.807) is 25.7 Å². The summed E-state index contributed by atoms with van der Waals surface area (Å²) in [6.45, 7) is 3.50. The normalized spacial score (nSPS) is 25.0. The predicted octanol–water partition coefficient (Wildman–Crippen LogP) is 4.29. The summed E-state index contributed by atoms with van der Waals surface area (Å²) in [6, 6.07) is 0. The second-order valence-electron chi connectivity index (χ2n) is 4.80. The second kappa shape index (κ2) is 6.87. The van der Waals surface area contributed by atoms with Gasteiger partial charge in [0.1, 0.15) is 0 Å². The molecule has 1 nitrogen and oxygen atoms in total. The first kappa shape index (κ1) is 11.6. The molecule has 2 aliphatic rings. The van der Waals surface area contributed by atoms with Gasteiger partial charge in [-0.3, -0.25) is 0 Å². The van der Waals surface area contributed by atoms with Gasteiger partial charge in [-0.2, -0.15) is 0 Å². The largest absolute Gasteiger partial charge is 0.202 e. The van der Waals surface area contributed by atoms with Gasteiger partial charge in [0.05, 0.1) is 0 Å². The van der Waals surface area contributed by atoms with Crippen molar-refractivity contribution in [2.45, 2.75) is 64.2 Å². The van der Waals surface area contributed by atoms with Gasteiger partial charge in [0, 0.05) is 6.57 Å². The van der Waals surface area contributed by atoms with Gasteiger partial charge in [-0.25, -0.2) is 5.26 Å². The molecule has 0 aromatic carbocycles. The van der Waals surface area contributed by atoms with Crippen LogP contribution < -0.4 is 0 Å². The molecule has 0 N–H and O–H groups in total. The SMILES string of the molecule is C#N.C1CCC(C2CCCCC2)CC1. The molecule has 0 aromatic heterocycles. The Kier molecular flexibility index (Phi) is 5.68. The van der Waals surface area contributed by atoms with Crippen molar-refractivity contribution in [2.24, 2.45) is 11.8 Å². The number of nitrogens with zero attached hydrogens (tertiary/aromatic N) is 1. The second-order valence-corrected chi connectivity index (χ2v) is 4.80. The molecule has 0 saturated heterocycles. The van der Waals surface area contributed by atoms with E-state index < -0.39 is 0 Å². The number of hydrogen-bond donors (Lipinski definition) is 0. The quantitative estimate of drug-likeness (QED) is 0.609. The van der Waals surface area contributed by atoms with Crippen LogP contribution in [0.3, 0.4) is 0 Å². The lowest BCUT2D eigenvalue weighted by molar-refractivity contribution is 0.196. The van der Waals surface area contributed by atoms with Crippen LogP contribution >= 0.6 is 0 Å². The number of hydrogen-bond acceptors (Lipinski definition) is 1. The monoisotopic (exact) mass is 193 g/mol. The summed E-state index contributed by atoms with van der Waals surface area (Å²) in [4.78, 5) is 0. The standard InChI is InChI=1S/C12H22.CHN/c1-3-7-11(8-4-1)12-9-5-2-6-10-12;1-2/h11-12H,1-10H2;1H. The average Bonchev–Trinajstić information content (AvgIpc) is 2.34. The molecule has 0 spiro atoms. The van der Waals surface area contributed by atoms with Gasteiger partial charge in [0.15, 0.2) is 0 Å². The van der Waals surface area contributed by atoms with Crippen LogP contribution in [0, 0.1) is 23.7 Å². The summed E-state index contributed by atoms with van der Waals surface area (Å²) < 4.78 is 0. The Hall–Kier alpha value is -0.510. The lowest BCUT2D eigenvalue weighted by Crippen LogP contribution is -2.20. The number of nitriles is 1. The van der Waals surface area contributed by atoms with Crippen molar-refractivity contribution in [3.63, 3.8) is 0 Å². The van der Waals surface area contributed by atoms with E-state index in [9.17, 15) is 0 Å². The molecule has 0 aromatic rings. The molecule has 80 valence electrons. The Labute approximate surface area is 88.5 Å². The van der Waals surface area contributed by atoms with Gasteiger partial charge in [0.2, 0.25) is 0 Å². The summed E-state index contributed by atoms with van der Waals surface area (Å²) in [5, 5.41) is 6.50. The fraction of sp³-hybridized carbons (Fsp3) is 0.923. The minimum atomic E-state index is 1.14. The van der Waals surface area contributed by atoms with Crippen molar-refractivity contribution >= 4 is 0 Å².